The molecule has 32 heavy (non-hydrogen) atoms. The Morgan fingerprint density at radius 2 is 0.969 bits per heavy atom. The minimum Gasteiger partial charge on any atom is -0.478 e. The first-order valence-corrected chi connectivity index (χ1v) is 10.4. The highest BCUT2D eigenvalue weighted by Gasteiger charge is 2.13. The Morgan fingerprint density at radius 1 is 0.625 bits per heavy atom. The number of hydrogen-bond donors (Lipinski definition) is 2. The second kappa shape index (κ2) is 12.9. The maximum Gasteiger partial charge on any atom is 0.338 e. The van der Waals surface area contributed by atoms with Crippen LogP contribution in [-0.2, 0) is 9.47 Å². The van der Waals surface area contributed by atoms with Crippen LogP contribution < -0.4 is 0 Å². The second-order valence-corrected chi connectivity index (χ2v) is 7.16. The summed E-state index contributed by atoms with van der Waals surface area (Å²) in [6.07, 6.45) is 9.00. The number of hydrogen-bond acceptors (Lipinski definition) is 6. The maximum atomic E-state index is 11.3. The summed E-state index contributed by atoms with van der Waals surface area (Å²) in [4.78, 5) is 43.3. The Kier molecular flexibility index (Phi) is 9.90. The summed E-state index contributed by atoms with van der Waals surface area (Å²) in [7, 11) is 0. The van der Waals surface area contributed by atoms with Gasteiger partial charge in [-0.05, 0) is 42.5 Å². The Balaban J connectivity index is 0.000000183. The van der Waals surface area contributed by atoms with Gasteiger partial charge in [0.1, 0.15) is 13.2 Å². The molecule has 8 heteroatoms. The van der Waals surface area contributed by atoms with Crippen LogP contribution in [0.3, 0.4) is 0 Å². The van der Waals surface area contributed by atoms with E-state index in [9.17, 15) is 19.2 Å². The monoisotopic (exact) mass is 442 g/mol. The number of carboxylic acids is 2. The van der Waals surface area contributed by atoms with E-state index in [4.69, 9.17) is 19.7 Å². The van der Waals surface area contributed by atoms with Gasteiger partial charge in [0.05, 0.1) is 22.3 Å². The van der Waals surface area contributed by atoms with Gasteiger partial charge in [0.15, 0.2) is 0 Å². The van der Waals surface area contributed by atoms with Crippen molar-refractivity contribution in [1.29, 1.82) is 0 Å². The van der Waals surface area contributed by atoms with E-state index in [1.807, 2.05) is 0 Å². The number of ether oxygens (including phenoxy) is 2. The first-order chi connectivity index (χ1) is 15.4. The Hall–Kier alpha value is -3.68. The summed E-state index contributed by atoms with van der Waals surface area (Å²) in [5.74, 6) is -3.04. The molecule has 2 heterocycles. The van der Waals surface area contributed by atoms with Crippen molar-refractivity contribution in [2.75, 3.05) is 13.2 Å². The summed E-state index contributed by atoms with van der Waals surface area (Å²) in [5.41, 5.74) is 0.858. The third-order valence-corrected chi connectivity index (χ3v) is 4.76. The standard InChI is InChI=1S/C10H8O4.C8H6O4.C6H12/c11-9-7-1-2-8(4-3-7)10(12)14-6-5-13-9;9-7(10)5-2-1-3-6(4-5)8(11)12;1-2-4-6-5-3-1/h1-4H,5-6H2;1-4H,(H,9,10)(H,11,12);1-6H2. The van der Waals surface area contributed by atoms with Crippen molar-refractivity contribution in [1.82, 2.24) is 0 Å². The van der Waals surface area contributed by atoms with Gasteiger partial charge in [-0.1, -0.05) is 44.6 Å². The normalized spacial score (nSPS) is 15.0. The fraction of sp³-hybridized carbons (Fsp3) is 0.333. The smallest absolute Gasteiger partial charge is 0.338 e. The largest absolute Gasteiger partial charge is 0.478 e. The lowest BCUT2D eigenvalue weighted by atomic mass is 10.0. The molecule has 170 valence electrons. The van der Waals surface area contributed by atoms with Gasteiger partial charge < -0.3 is 19.7 Å². The number of benzene rings is 2. The second-order valence-electron chi connectivity index (χ2n) is 7.16. The highest BCUT2D eigenvalue weighted by Crippen LogP contribution is 2.15. The Bertz CT molecular complexity index is 852. The zero-order valence-electron chi connectivity index (χ0n) is 17.6. The van der Waals surface area contributed by atoms with Crippen molar-refractivity contribution in [3.05, 3.63) is 70.8 Å². The van der Waals surface area contributed by atoms with Crippen molar-refractivity contribution in [3.63, 3.8) is 0 Å². The third-order valence-electron chi connectivity index (χ3n) is 4.76. The molecule has 0 aromatic heterocycles. The maximum absolute atomic E-state index is 11.3. The average molecular weight is 442 g/mol. The lowest BCUT2D eigenvalue weighted by molar-refractivity contribution is 0.0260. The molecule has 1 aliphatic carbocycles. The predicted octanol–water partition coefficient (Wildman–Crippen LogP) is 4.44. The number of esters is 2. The molecule has 5 rings (SSSR count). The zero-order chi connectivity index (χ0) is 23.3. The van der Waals surface area contributed by atoms with Crippen molar-refractivity contribution < 1.29 is 38.9 Å². The van der Waals surface area contributed by atoms with Gasteiger partial charge in [0.25, 0.3) is 0 Å². The van der Waals surface area contributed by atoms with E-state index in [1.54, 1.807) is 24.3 Å². The molecule has 3 aliphatic rings. The third kappa shape index (κ3) is 8.22. The van der Waals surface area contributed by atoms with Gasteiger partial charge in [-0.15, -0.1) is 0 Å². The topological polar surface area (TPSA) is 127 Å². The summed E-state index contributed by atoms with van der Waals surface area (Å²) < 4.78 is 9.66. The quantitative estimate of drug-likeness (QED) is 0.654. The van der Waals surface area contributed by atoms with Gasteiger partial charge in [-0.2, -0.15) is 0 Å². The molecular formula is C24H26O8. The Morgan fingerprint density at radius 3 is 1.28 bits per heavy atom. The first-order valence-electron chi connectivity index (χ1n) is 10.4. The highest BCUT2D eigenvalue weighted by atomic mass is 16.6. The molecule has 2 bridgehead atoms. The van der Waals surface area contributed by atoms with Crippen LogP contribution in [-0.4, -0.2) is 47.3 Å². The number of carboxylic acid groups (broad SMARTS) is 2. The number of rotatable bonds is 2. The van der Waals surface area contributed by atoms with Crippen LogP contribution in [0.15, 0.2) is 48.5 Å². The molecule has 0 radical (unpaired) electrons. The van der Waals surface area contributed by atoms with Gasteiger partial charge in [-0.25, -0.2) is 19.2 Å². The van der Waals surface area contributed by atoms with Crippen LogP contribution in [0, 0.1) is 0 Å². The molecule has 2 aromatic rings. The van der Waals surface area contributed by atoms with Crippen LogP contribution in [0.25, 0.3) is 0 Å². The van der Waals surface area contributed by atoms with Gasteiger partial charge in [-0.3, -0.25) is 0 Å². The minimum absolute atomic E-state index is 0.0186. The fourth-order valence-electron chi connectivity index (χ4n) is 3.02. The van der Waals surface area contributed by atoms with E-state index in [0.717, 1.165) is 6.07 Å². The van der Waals surface area contributed by atoms with Crippen LogP contribution >= 0.6 is 0 Å². The number of carbonyl (C=O) groups excluding carboxylic acids is 2. The minimum atomic E-state index is -1.13. The summed E-state index contributed by atoms with van der Waals surface area (Å²) in [6.45, 7) is 0.200. The SMILES string of the molecule is C1CCCCC1.O=C(O)c1cccc(C(=O)O)c1.O=C1OCCOC(=O)c2ccc1cc2. The molecule has 0 amide bonds. The van der Waals surface area contributed by atoms with E-state index in [-0.39, 0.29) is 24.3 Å². The van der Waals surface area contributed by atoms with Gasteiger partial charge in [0.2, 0.25) is 0 Å². The lowest BCUT2D eigenvalue weighted by Crippen LogP contribution is -2.16. The number of fused-ring (bicyclic) bond motifs is 7. The van der Waals surface area contributed by atoms with E-state index >= 15 is 0 Å². The van der Waals surface area contributed by atoms with E-state index in [0.29, 0.717) is 11.1 Å². The predicted molar refractivity (Wildman–Crippen MR) is 115 cm³/mol. The van der Waals surface area contributed by atoms with Gasteiger partial charge >= 0.3 is 23.9 Å². The highest BCUT2D eigenvalue weighted by molar-refractivity contribution is 5.94. The van der Waals surface area contributed by atoms with E-state index in [2.05, 4.69) is 0 Å². The fourth-order valence-corrected chi connectivity index (χ4v) is 3.02. The molecule has 0 saturated heterocycles. The van der Waals surface area contributed by atoms with E-state index < -0.39 is 23.9 Å². The molecule has 2 N–H and O–H groups in total. The molecule has 1 saturated carbocycles. The molecule has 2 aromatic carbocycles. The molecule has 1 fully saturated rings. The Labute approximate surface area is 185 Å². The molecule has 0 unspecified atom stereocenters. The van der Waals surface area contributed by atoms with Crippen molar-refractivity contribution in [2.45, 2.75) is 38.5 Å². The number of carbonyl (C=O) groups is 4. The molecule has 0 spiro atoms. The van der Waals surface area contributed by atoms with E-state index in [1.165, 1.54) is 56.7 Å². The summed E-state index contributed by atoms with van der Waals surface area (Å²) in [5, 5.41) is 17.0. The van der Waals surface area contributed by atoms with Crippen LogP contribution in [0.5, 0.6) is 0 Å². The molecule has 0 atom stereocenters. The summed E-state index contributed by atoms with van der Waals surface area (Å²) >= 11 is 0. The van der Waals surface area contributed by atoms with Crippen molar-refractivity contribution in [3.8, 4) is 0 Å². The van der Waals surface area contributed by atoms with Crippen molar-refractivity contribution in [2.24, 2.45) is 0 Å². The molecule has 2 aliphatic heterocycles. The number of aromatic carboxylic acids is 2. The van der Waals surface area contributed by atoms with Crippen LogP contribution in [0.2, 0.25) is 0 Å². The zero-order valence-corrected chi connectivity index (χ0v) is 17.6. The summed E-state index contributed by atoms with van der Waals surface area (Å²) in [6, 6.07) is 11.4. The van der Waals surface area contributed by atoms with Crippen LogP contribution in [0.4, 0.5) is 0 Å². The lowest BCUT2D eigenvalue weighted by Gasteiger charge is -2.09. The molecular weight excluding hydrogens is 416 g/mol. The average Bonchev–Trinajstić information content (AvgIpc) is 2.83. The van der Waals surface area contributed by atoms with Gasteiger partial charge in [0, 0.05) is 0 Å². The van der Waals surface area contributed by atoms with Crippen LogP contribution in [0.1, 0.15) is 80.0 Å². The van der Waals surface area contributed by atoms with Crippen molar-refractivity contribution >= 4 is 23.9 Å². The first kappa shape index (κ1) is 24.6. The molecule has 8 nitrogen and oxygen atoms in total.